The van der Waals surface area contributed by atoms with E-state index >= 15 is 0 Å². The van der Waals surface area contributed by atoms with Crippen molar-refractivity contribution < 1.29 is 8.83 Å². The first-order valence-electron chi connectivity index (χ1n) is 13.9. The number of nitrogens with zero attached hydrogens (tertiary/aromatic N) is 2. The summed E-state index contributed by atoms with van der Waals surface area (Å²) in [4.78, 5) is 0. The lowest BCUT2D eigenvalue weighted by Crippen LogP contribution is -2.06. The number of hydrogen-bond acceptors (Lipinski definition) is 3. The zero-order chi connectivity index (χ0) is 27.1. The molecule has 0 bridgehead atoms. The molecule has 3 heterocycles. The first kappa shape index (κ1) is 22.3. The average Bonchev–Trinajstić information content (AvgIpc) is 3.70. The van der Waals surface area contributed by atoms with E-state index in [2.05, 4.69) is 71.3 Å². The number of fused-ring (bicyclic) bond motifs is 10. The summed E-state index contributed by atoms with van der Waals surface area (Å²) in [5.74, 6) is 0.924. The second kappa shape index (κ2) is 8.24. The van der Waals surface area contributed by atoms with Crippen LogP contribution in [0.5, 0.6) is 0 Å². The lowest BCUT2D eigenvalue weighted by Gasteiger charge is -2.19. The van der Waals surface area contributed by atoms with Crippen LogP contribution in [-0.4, -0.2) is 4.57 Å². The van der Waals surface area contributed by atoms with Gasteiger partial charge in [-0.2, -0.15) is 5.26 Å². The van der Waals surface area contributed by atoms with E-state index in [-0.39, 0.29) is 0 Å². The van der Waals surface area contributed by atoms with Gasteiger partial charge in [0, 0.05) is 32.7 Å². The summed E-state index contributed by atoms with van der Waals surface area (Å²) >= 11 is 0. The first-order chi connectivity index (χ1) is 20.3. The molecule has 0 unspecified atom stereocenters. The summed E-state index contributed by atoms with van der Waals surface area (Å²) in [6.07, 6.45) is 1.86. The minimum absolute atomic E-state index is 0.616. The Morgan fingerprint density at radius 2 is 1.32 bits per heavy atom. The SMILES string of the molecule is N#Cc1ccc(-c2ccc3oc4ccccc4c3c2)c(-n2c3c(c4ccccc42)CCc2c-3oc3ccccc23)c1. The maximum Gasteiger partial charge on any atom is 0.155 e. The van der Waals surface area contributed by atoms with E-state index in [1.165, 1.54) is 21.9 Å². The van der Waals surface area contributed by atoms with Gasteiger partial charge in [-0.15, -0.1) is 0 Å². The molecule has 8 aromatic rings. The van der Waals surface area contributed by atoms with Crippen molar-refractivity contribution in [1.29, 1.82) is 5.26 Å². The molecule has 192 valence electrons. The van der Waals surface area contributed by atoms with Gasteiger partial charge < -0.3 is 13.4 Å². The second-order valence-corrected chi connectivity index (χ2v) is 10.7. The van der Waals surface area contributed by atoms with Crippen molar-refractivity contribution in [3.8, 4) is 34.3 Å². The standard InChI is InChI=1S/C37H22N2O2/c38-21-22-13-15-24(23-14-18-35-30(20-23)27-9-3-5-11-33(27)40-35)32(19-22)39-31-10-4-1-7-25(31)28-16-17-29-26-8-2-6-12-34(26)41-37(29)36(28)39/h1-15,18-20H,16-17H2. The third-order valence-electron chi connectivity index (χ3n) is 8.57. The summed E-state index contributed by atoms with van der Waals surface area (Å²) in [5, 5.41) is 14.5. The van der Waals surface area contributed by atoms with Crippen LogP contribution >= 0.6 is 0 Å². The van der Waals surface area contributed by atoms with Crippen LogP contribution in [0, 0.1) is 11.3 Å². The van der Waals surface area contributed by atoms with Crippen molar-refractivity contribution in [3.63, 3.8) is 0 Å². The number of para-hydroxylation sites is 3. The summed E-state index contributed by atoms with van der Waals surface area (Å²) in [6.45, 7) is 0. The van der Waals surface area contributed by atoms with Crippen LogP contribution in [0.3, 0.4) is 0 Å². The monoisotopic (exact) mass is 526 g/mol. The fourth-order valence-corrected chi connectivity index (χ4v) is 6.76. The lowest BCUT2D eigenvalue weighted by molar-refractivity contribution is 0.616. The van der Waals surface area contributed by atoms with E-state index in [0.29, 0.717) is 5.56 Å². The Labute approximate surface area is 235 Å². The van der Waals surface area contributed by atoms with Gasteiger partial charge in [0.05, 0.1) is 28.5 Å². The number of aryl methyl sites for hydroxylation is 2. The van der Waals surface area contributed by atoms with Gasteiger partial charge in [-0.1, -0.05) is 66.7 Å². The zero-order valence-corrected chi connectivity index (χ0v) is 22.0. The molecule has 0 atom stereocenters. The van der Waals surface area contributed by atoms with Gasteiger partial charge in [0.25, 0.3) is 0 Å². The molecule has 5 aromatic carbocycles. The van der Waals surface area contributed by atoms with Gasteiger partial charge in [0.2, 0.25) is 0 Å². The number of furan rings is 2. The van der Waals surface area contributed by atoms with E-state index in [0.717, 1.165) is 74.1 Å². The van der Waals surface area contributed by atoms with Crippen molar-refractivity contribution in [2.24, 2.45) is 0 Å². The van der Waals surface area contributed by atoms with Gasteiger partial charge >= 0.3 is 0 Å². The molecule has 0 fully saturated rings. The fraction of sp³-hybridized carbons (Fsp3) is 0.0541. The van der Waals surface area contributed by atoms with E-state index in [1.54, 1.807) is 0 Å². The third kappa shape index (κ3) is 3.09. The molecule has 0 saturated carbocycles. The summed E-state index contributed by atoms with van der Waals surface area (Å²) in [6, 6.07) is 39.7. The van der Waals surface area contributed by atoms with Gasteiger partial charge in [0.1, 0.15) is 16.7 Å². The first-order valence-corrected chi connectivity index (χ1v) is 13.9. The molecular formula is C37H22N2O2. The highest BCUT2D eigenvalue weighted by Crippen LogP contribution is 2.47. The molecular weight excluding hydrogens is 504 g/mol. The van der Waals surface area contributed by atoms with Gasteiger partial charge in [0.15, 0.2) is 5.76 Å². The van der Waals surface area contributed by atoms with Gasteiger partial charge in [-0.05, 0) is 66.4 Å². The van der Waals surface area contributed by atoms with Crippen LogP contribution in [0.1, 0.15) is 16.7 Å². The number of rotatable bonds is 2. The van der Waals surface area contributed by atoms with Crippen molar-refractivity contribution >= 4 is 43.8 Å². The van der Waals surface area contributed by atoms with Crippen LogP contribution in [-0.2, 0) is 12.8 Å². The highest BCUT2D eigenvalue weighted by molar-refractivity contribution is 6.07. The number of hydrogen-bond donors (Lipinski definition) is 0. The van der Waals surface area contributed by atoms with Crippen LogP contribution in [0.25, 0.3) is 72.1 Å². The van der Waals surface area contributed by atoms with Crippen LogP contribution in [0.4, 0.5) is 0 Å². The molecule has 4 nitrogen and oxygen atoms in total. The molecule has 0 amide bonds. The van der Waals surface area contributed by atoms with E-state index < -0.39 is 0 Å². The number of aromatic nitrogens is 1. The Hall–Kier alpha value is -5.53. The number of benzene rings is 5. The molecule has 1 aliphatic rings. The Morgan fingerprint density at radius 3 is 2.17 bits per heavy atom. The van der Waals surface area contributed by atoms with E-state index in [1.807, 2.05) is 48.5 Å². The van der Waals surface area contributed by atoms with E-state index in [9.17, 15) is 5.26 Å². The predicted molar refractivity (Wildman–Crippen MR) is 163 cm³/mol. The Kier molecular flexibility index (Phi) is 4.48. The molecule has 0 radical (unpaired) electrons. The summed E-state index contributed by atoms with van der Waals surface area (Å²) in [7, 11) is 0. The molecule has 3 aromatic heterocycles. The van der Waals surface area contributed by atoms with Crippen molar-refractivity contribution in [1.82, 2.24) is 4.57 Å². The molecule has 0 N–H and O–H groups in total. The highest BCUT2D eigenvalue weighted by atomic mass is 16.3. The third-order valence-corrected chi connectivity index (χ3v) is 8.57. The molecule has 41 heavy (non-hydrogen) atoms. The van der Waals surface area contributed by atoms with Gasteiger partial charge in [-0.25, -0.2) is 0 Å². The molecule has 0 spiro atoms. The zero-order valence-electron chi connectivity index (χ0n) is 22.0. The van der Waals surface area contributed by atoms with Gasteiger partial charge in [-0.3, -0.25) is 0 Å². The molecule has 1 aliphatic carbocycles. The van der Waals surface area contributed by atoms with Crippen molar-refractivity contribution in [2.75, 3.05) is 0 Å². The average molecular weight is 527 g/mol. The quantitative estimate of drug-likeness (QED) is 0.225. The highest BCUT2D eigenvalue weighted by Gasteiger charge is 2.30. The lowest BCUT2D eigenvalue weighted by atomic mass is 9.92. The van der Waals surface area contributed by atoms with Crippen LogP contribution < -0.4 is 0 Å². The minimum Gasteiger partial charge on any atom is -0.456 e. The largest absolute Gasteiger partial charge is 0.456 e. The molecule has 4 heteroatoms. The fourth-order valence-electron chi connectivity index (χ4n) is 6.76. The Bertz CT molecular complexity index is 2390. The maximum absolute atomic E-state index is 9.97. The predicted octanol–water partition coefficient (Wildman–Crippen LogP) is 9.58. The summed E-state index contributed by atoms with van der Waals surface area (Å²) in [5.41, 5.74) is 11.1. The van der Waals surface area contributed by atoms with Crippen LogP contribution in [0.2, 0.25) is 0 Å². The van der Waals surface area contributed by atoms with E-state index in [4.69, 9.17) is 8.83 Å². The topological polar surface area (TPSA) is 55.0 Å². The van der Waals surface area contributed by atoms with Crippen LogP contribution in [0.15, 0.2) is 118 Å². The van der Waals surface area contributed by atoms with Crippen molar-refractivity contribution in [3.05, 3.63) is 126 Å². The van der Waals surface area contributed by atoms with Crippen molar-refractivity contribution in [2.45, 2.75) is 12.8 Å². The molecule has 0 aliphatic heterocycles. The normalized spacial score (nSPS) is 12.7. The second-order valence-electron chi connectivity index (χ2n) is 10.7. The number of nitriles is 1. The molecule has 0 saturated heterocycles. The minimum atomic E-state index is 0.616. The Balaban J connectivity index is 1.38. The smallest absolute Gasteiger partial charge is 0.155 e. The summed E-state index contributed by atoms with van der Waals surface area (Å²) < 4.78 is 15.0. The maximum atomic E-state index is 9.97. The molecule has 9 rings (SSSR count). The Morgan fingerprint density at radius 1 is 0.610 bits per heavy atom.